The van der Waals surface area contributed by atoms with Crippen LogP contribution in [0, 0.1) is 5.92 Å². The van der Waals surface area contributed by atoms with Crippen LogP contribution < -0.4 is 16.0 Å². The third kappa shape index (κ3) is 4.05. The molecule has 0 spiro atoms. The molecule has 2 amide bonds. The second-order valence-electron chi connectivity index (χ2n) is 5.63. The van der Waals surface area contributed by atoms with Gasteiger partial charge in [0.1, 0.15) is 5.82 Å². The van der Waals surface area contributed by atoms with Gasteiger partial charge in [0.05, 0.1) is 24.2 Å². The van der Waals surface area contributed by atoms with Gasteiger partial charge in [-0.15, -0.1) is 11.3 Å². The summed E-state index contributed by atoms with van der Waals surface area (Å²) < 4.78 is 0. The maximum atomic E-state index is 12.5. The van der Waals surface area contributed by atoms with Crippen LogP contribution in [0.15, 0.2) is 24.0 Å². The van der Waals surface area contributed by atoms with Gasteiger partial charge in [0.15, 0.2) is 5.13 Å². The number of rotatable bonds is 5. The lowest BCUT2D eigenvalue weighted by Crippen LogP contribution is -2.41. The predicted octanol–water partition coefficient (Wildman–Crippen LogP) is 0.816. The molecule has 8 nitrogen and oxygen atoms in total. The molecule has 0 saturated carbocycles. The molecule has 3 N–H and O–H groups in total. The molecule has 1 saturated heterocycles. The Hall–Kier alpha value is -2.55. The number of carbonyl (C=O) groups is 2. The largest absolute Gasteiger partial charge is 0.369 e. The Morgan fingerprint density at radius 1 is 1.42 bits per heavy atom. The van der Waals surface area contributed by atoms with E-state index in [-0.39, 0.29) is 18.2 Å². The van der Waals surface area contributed by atoms with Gasteiger partial charge in [0.2, 0.25) is 11.8 Å². The van der Waals surface area contributed by atoms with Crippen LogP contribution in [0.4, 0.5) is 10.9 Å². The van der Waals surface area contributed by atoms with Crippen molar-refractivity contribution < 1.29 is 9.59 Å². The van der Waals surface area contributed by atoms with E-state index in [1.807, 2.05) is 0 Å². The molecule has 0 aliphatic carbocycles. The molecule has 9 heteroatoms. The highest BCUT2D eigenvalue weighted by Crippen LogP contribution is 2.23. The van der Waals surface area contributed by atoms with Gasteiger partial charge in [-0.2, -0.15) is 0 Å². The van der Waals surface area contributed by atoms with Crippen molar-refractivity contribution in [3.63, 3.8) is 0 Å². The molecule has 0 bridgehead atoms. The number of nitrogens with zero attached hydrogens (tertiary/aromatic N) is 4. The molecule has 0 aromatic carbocycles. The topological polar surface area (TPSA) is 114 Å². The SMILES string of the molecule is NC(=O)Cc1csc(NC(=O)C2CCCN(c3cnccn3)C2)n1. The van der Waals surface area contributed by atoms with Crippen molar-refractivity contribution in [2.24, 2.45) is 11.7 Å². The fraction of sp³-hybridized carbons (Fsp3) is 0.400. The summed E-state index contributed by atoms with van der Waals surface area (Å²) in [6.07, 6.45) is 6.80. The van der Waals surface area contributed by atoms with E-state index >= 15 is 0 Å². The number of thiazole rings is 1. The number of carbonyl (C=O) groups excluding carboxylic acids is 2. The average molecular weight is 346 g/mol. The minimum atomic E-state index is -0.440. The summed E-state index contributed by atoms with van der Waals surface area (Å²) in [7, 11) is 0. The molecule has 3 heterocycles. The van der Waals surface area contributed by atoms with Gasteiger partial charge in [-0.1, -0.05) is 0 Å². The van der Waals surface area contributed by atoms with E-state index in [4.69, 9.17) is 5.73 Å². The van der Waals surface area contributed by atoms with Crippen molar-refractivity contribution in [2.75, 3.05) is 23.3 Å². The lowest BCUT2D eigenvalue weighted by Gasteiger charge is -2.32. The van der Waals surface area contributed by atoms with Crippen molar-refractivity contribution in [2.45, 2.75) is 19.3 Å². The van der Waals surface area contributed by atoms with E-state index in [1.54, 1.807) is 24.0 Å². The zero-order valence-corrected chi connectivity index (χ0v) is 13.8. The van der Waals surface area contributed by atoms with Gasteiger partial charge in [0.25, 0.3) is 0 Å². The number of piperidine rings is 1. The van der Waals surface area contributed by atoms with Crippen LogP contribution in [0.25, 0.3) is 0 Å². The maximum absolute atomic E-state index is 12.5. The molecule has 24 heavy (non-hydrogen) atoms. The lowest BCUT2D eigenvalue weighted by atomic mass is 9.97. The van der Waals surface area contributed by atoms with Crippen LogP contribution in [0.3, 0.4) is 0 Å². The number of aromatic nitrogens is 3. The summed E-state index contributed by atoms with van der Waals surface area (Å²) >= 11 is 1.29. The Balaban J connectivity index is 1.60. The van der Waals surface area contributed by atoms with Crippen molar-refractivity contribution in [1.82, 2.24) is 15.0 Å². The molecule has 1 aliphatic rings. The predicted molar refractivity (Wildman–Crippen MR) is 90.6 cm³/mol. The summed E-state index contributed by atoms with van der Waals surface area (Å²) in [5.41, 5.74) is 5.72. The van der Waals surface area contributed by atoms with Crippen molar-refractivity contribution in [3.8, 4) is 0 Å². The van der Waals surface area contributed by atoms with E-state index < -0.39 is 5.91 Å². The van der Waals surface area contributed by atoms with Crippen LogP contribution in [-0.2, 0) is 16.0 Å². The summed E-state index contributed by atoms with van der Waals surface area (Å²) in [4.78, 5) is 38.0. The number of anilines is 2. The Morgan fingerprint density at radius 3 is 3.04 bits per heavy atom. The molecule has 126 valence electrons. The molecule has 2 aromatic heterocycles. The van der Waals surface area contributed by atoms with Gasteiger partial charge in [-0.25, -0.2) is 9.97 Å². The van der Waals surface area contributed by atoms with Crippen molar-refractivity contribution >= 4 is 34.1 Å². The Bertz CT molecular complexity index is 720. The standard InChI is InChI=1S/C15H18N6O2S/c16-12(22)6-11-9-24-15(19-11)20-14(23)10-2-1-5-21(8-10)13-7-17-3-4-18-13/h3-4,7,9-10H,1-2,5-6,8H2,(H2,16,22)(H,19,20,23). The Kier molecular flexibility index (Phi) is 4.99. The molecule has 2 aromatic rings. The Morgan fingerprint density at radius 2 is 2.29 bits per heavy atom. The first-order chi connectivity index (χ1) is 11.6. The van der Waals surface area contributed by atoms with Gasteiger partial charge in [0, 0.05) is 30.9 Å². The minimum Gasteiger partial charge on any atom is -0.369 e. The van der Waals surface area contributed by atoms with E-state index in [0.717, 1.165) is 25.2 Å². The van der Waals surface area contributed by atoms with Crippen LogP contribution in [0.5, 0.6) is 0 Å². The van der Waals surface area contributed by atoms with Gasteiger partial charge in [-0.3, -0.25) is 14.6 Å². The zero-order chi connectivity index (χ0) is 16.9. The Labute approximate surface area is 143 Å². The van der Waals surface area contributed by atoms with E-state index in [0.29, 0.717) is 17.4 Å². The highest BCUT2D eigenvalue weighted by atomic mass is 32.1. The van der Waals surface area contributed by atoms with Crippen LogP contribution in [0.1, 0.15) is 18.5 Å². The maximum Gasteiger partial charge on any atom is 0.231 e. The molecule has 0 radical (unpaired) electrons. The van der Waals surface area contributed by atoms with Gasteiger partial charge < -0.3 is 16.0 Å². The fourth-order valence-corrected chi connectivity index (χ4v) is 3.40. The molecule has 1 fully saturated rings. The summed E-state index contributed by atoms with van der Waals surface area (Å²) in [6, 6.07) is 0. The number of nitrogens with two attached hydrogens (primary N) is 1. The van der Waals surface area contributed by atoms with E-state index in [1.165, 1.54) is 11.3 Å². The summed E-state index contributed by atoms with van der Waals surface area (Å²) in [6.45, 7) is 1.46. The molecular formula is C15H18N6O2S. The van der Waals surface area contributed by atoms with E-state index in [2.05, 4.69) is 25.2 Å². The first-order valence-corrected chi connectivity index (χ1v) is 8.54. The third-order valence-electron chi connectivity index (χ3n) is 3.80. The molecular weight excluding hydrogens is 328 g/mol. The lowest BCUT2D eigenvalue weighted by molar-refractivity contribution is -0.120. The van der Waals surface area contributed by atoms with Crippen LogP contribution in [-0.4, -0.2) is 39.9 Å². The van der Waals surface area contributed by atoms with Crippen LogP contribution >= 0.6 is 11.3 Å². The summed E-state index contributed by atoms with van der Waals surface area (Å²) in [5.74, 6) is 0.144. The first-order valence-electron chi connectivity index (χ1n) is 7.66. The number of hydrogen-bond donors (Lipinski definition) is 2. The first kappa shape index (κ1) is 16.3. The second kappa shape index (κ2) is 7.35. The summed E-state index contributed by atoms with van der Waals surface area (Å²) in [5, 5.41) is 5.05. The number of amides is 2. The second-order valence-corrected chi connectivity index (χ2v) is 6.48. The van der Waals surface area contributed by atoms with Crippen molar-refractivity contribution in [3.05, 3.63) is 29.7 Å². The van der Waals surface area contributed by atoms with Gasteiger partial charge in [-0.05, 0) is 12.8 Å². The number of nitrogens with one attached hydrogen (secondary N) is 1. The van der Waals surface area contributed by atoms with Crippen molar-refractivity contribution in [1.29, 1.82) is 0 Å². The number of hydrogen-bond acceptors (Lipinski definition) is 7. The third-order valence-corrected chi connectivity index (χ3v) is 4.61. The van der Waals surface area contributed by atoms with Gasteiger partial charge >= 0.3 is 0 Å². The smallest absolute Gasteiger partial charge is 0.231 e. The highest BCUT2D eigenvalue weighted by molar-refractivity contribution is 7.13. The van der Waals surface area contributed by atoms with E-state index in [9.17, 15) is 9.59 Å². The zero-order valence-electron chi connectivity index (χ0n) is 13.0. The molecule has 1 atom stereocenters. The highest BCUT2D eigenvalue weighted by Gasteiger charge is 2.27. The molecule has 3 rings (SSSR count). The fourth-order valence-electron chi connectivity index (χ4n) is 2.69. The van der Waals surface area contributed by atoms with Crippen LogP contribution in [0.2, 0.25) is 0 Å². The monoisotopic (exact) mass is 346 g/mol. The average Bonchev–Trinajstić information content (AvgIpc) is 3.02. The quantitative estimate of drug-likeness (QED) is 0.828. The normalized spacial score (nSPS) is 17.5. The molecule has 1 aliphatic heterocycles. The minimum absolute atomic E-state index is 0.0661. The number of primary amides is 1. The molecule has 1 unspecified atom stereocenters.